The summed E-state index contributed by atoms with van der Waals surface area (Å²) in [5.41, 5.74) is 0.776. The molecule has 0 aliphatic heterocycles. The highest BCUT2D eigenvalue weighted by Gasteiger charge is 2.16. The number of benzene rings is 2. The van der Waals surface area contributed by atoms with Crippen LogP contribution in [-0.2, 0) is 19.5 Å². The maximum absolute atomic E-state index is 12.5. The number of esters is 1. The number of carbonyl (C=O) groups excluding carboxylic acids is 2. The van der Waals surface area contributed by atoms with Crippen molar-refractivity contribution in [3.63, 3.8) is 0 Å². The molecule has 0 aliphatic rings. The second-order valence-electron chi connectivity index (χ2n) is 5.45. The Kier molecular flexibility index (Phi) is 6.91. The van der Waals surface area contributed by atoms with Crippen molar-refractivity contribution in [1.82, 2.24) is 5.32 Å². The van der Waals surface area contributed by atoms with Gasteiger partial charge in [0.05, 0.1) is 24.2 Å². The predicted molar refractivity (Wildman–Crippen MR) is 99.2 cm³/mol. The number of anilines is 1. The summed E-state index contributed by atoms with van der Waals surface area (Å²) in [6, 6.07) is 11.4. The fourth-order valence-corrected chi connectivity index (χ4v) is 3.25. The van der Waals surface area contributed by atoms with E-state index in [0.29, 0.717) is 18.7 Å². The zero-order valence-electron chi connectivity index (χ0n) is 14.9. The van der Waals surface area contributed by atoms with Gasteiger partial charge in [0.25, 0.3) is 15.9 Å². The molecule has 8 nitrogen and oxygen atoms in total. The van der Waals surface area contributed by atoms with Crippen LogP contribution in [0.25, 0.3) is 0 Å². The molecule has 1 amide bonds. The minimum Gasteiger partial charge on any atom is -0.465 e. The highest BCUT2D eigenvalue weighted by Crippen LogP contribution is 2.18. The van der Waals surface area contributed by atoms with Crippen molar-refractivity contribution in [3.05, 3.63) is 59.7 Å². The van der Waals surface area contributed by atoms with Crippen LogP contribution in [0, 0.1) is 0 Å². The molecule has 2 aromatic rings. The molecule has 0 spiro atoms. The van der Waals surface area contributed by atoms with Gasteiger partial charge in [-0.3, -0.25) is 9.52 Å². The number of carbonyl (C=O) groups is 2. The summed E-state index contributed by atoms with van der Waals surface area (Å²) in [5, 5.41) is 2.65. The molecule has 0 aromatic heterocycles. The van der Waals surface area contributed by atoms with E-state index in [0.717, 1.165) is 0 Å². The predicted octanol–water partition coefficient (Wildman–Crippen LogP) is 1.65. The van der Waals surface area contributed by atoms with Crippen LogP contribution in [0.1, 0.15) is 20.7 Å². The average molecular weight is 392 g/mol. The minimum atomic E-state index is -3.88. The molecule has 2 N–H and O–H groups in total. The second-order valence-corrected chi connectivity index (χ2v) is 7.13. The minimum absolute atomic E-state index is 0.0144. The number of hydrogen-bond acceptors (Lipinski definition) is 6. The van der Waals surface area contributed by atoms with E-state index in [1.807, 2.05) is 0 Å². The molecule has 0 atom stereocenters. The van der Waals surface area contributed by atoms with E-state index in [9.17, 15) is 18.0 Å². The molecule has 0 heterocycles. The Morgan fingerprint density at radius 3 is 2.33 bits per heavy atom. The molecule has 0 unspecified atom stereocenters. The number of hydrogen-bond donors (Lipinski definition) is 2. The summed E-state index contributed by atoms with van der Waals surface area (Å²) in [7, 11) is -1.11. The van der Waals surface area contributed by atoms with Crippen LogP contribution in [0.3, 0.4) is 0 Å². The van der Waals surface area contributed by atoms with Crippen molar-refractivity contribution in [2.75, 3.05) is 32.1 Å². The largest absolute Gasteiger partial charge is 0.465 e. The monoisotopic (exact) mass is 392 g/mol. The normalized spacial score (nSPS) is 10.9. The lowest BCUT2D eigenvalue weighted by Crippen LogP contribution is -2.26. The first-order chi connectivity index (χ1) is 12.9. The summed E-state index contributed by atoms with van der Waals surface area (Å²) >= 11 is 0. The van der Waals surface area contributed by atoms with Gasteiger partial charge in [-0.05, 0) is 42.5 Å². The van der Waals surface area contributed by atoms with Gasteiger partial charge in [0, 0.05) is 24.9 Å². The first kappa shape index (κ1) is 20.4. The average Bonchev–Trinajstić information content (AvgIpc) is 2.67. The maximum Gasteiger partial charge on any atom is 0.337 e. The topological polar surface area (TPSA) is 111 Å². The quantitative estimate of drug-likeness (QED) is 0.522. The molecule has 0 saturated carbocycles. The van der Waals surface area contributed by atoms with Crippen molar-refractivity contribution in [2.24, 2.45) is 0 Å². The molecule has 0 saturated heterocycles. The maximum atomic E-state index is 12.5. The van der Waals surface area contributed by atoms with Gasteiger partial charge in [-0.15, -0.1) is 0 Å². The zero-order valence-corrected chi connectivity index (χ0v) is 15.7. The van der Waals surface area contributed by atoms with Gasteiger partial charge in [-0.1, -0.05) is 6.07 Å². The SMILES string of the molecule is COCCNC(=O)c1ccc(S(=O)(=O)Nc2cccc(C(=O)OC)c2)cc1. The van der Waals surface area contributed by atoms with E-state index in [4.69, 9.17) is 4.74 Å². The molecule has 0 aliphatic carbocycles. The van der Waals surface area contributed by atoms with Gasteiger partial charge in [0.2, 0.25) is 0 Å². The molecular weight excluding hydrogens is 372 g/mol. The Bertz CT molecular complexity index is 910. The van der Waals surface area contributed by atoms with Crippen LogP contribution >= 0.6 is 0 Å². The number of methoxy groups -OCH3 is 2. The van der Waals surface area contributed by atoms with E-state index in [2.05, 4.69) is 14.8 Å². The number of nitrogens with one attached hydrogen (secondary N) is 2. The number of sulfonamides is 1. The van der Waals surface area contributed by atoms with Crippen molar-refractivity contribution in [3.8, 4) is 0 Å². The Hall–Kier alpha value is -2.91. The van der Waals surface area contributed by atoms with Gasteiger partial charge in [-0.25, -0.2) is 13.2 Å². The van der Waals surface area contributed by atoms with E-state index in [-0.39, 0.29) is 22.1 Å². The second kappa shape index (κ2) is 9.15. The van der Waals surface area contributed by atoms with Gasteiger partial charge in [-0.2, -0.15) is 0 Å². The Morgan fingerprint density at radius 2 is 1.70 bits per heavy atom. The van der Waals surface area contributed by atoms with Crippen molar-refractivity contribution < 1.29 is 27.5 Å². The summed E-state index contributed by atoms with van der Waals surface area (Å²) < 4.78 is 36.9. The number of ether oxygens (including phenoxy) is 2. The van der Waals surface area contributed by atoms with Crippen LogP contribution < -0.4 is 10.0 Å². The third-order valence-corrected chi connectivity index (χ3v) is 4.95. The first-order valence-electron chi connectivity index (χ1n) is 7.96. The van der Waals surface area contributed by atoms with Crippen LogP contribution in [0.5, 0.6) is 0 Å². The first-order valence-corrected chi connectivity index (χ1v) is 9.44. The zero-order chi connectivity index (χ0) is 19.9. The molecule has 0 radical (unpaired) electrons. The van der Waals surface area contributed by atoms with Gasteiger partial charge in [0.1, 0.15) is 0 Å². The van der Waals surface area contributed by atoms with E-state index in [1.54, 1.807) is 0 Å². The molecule has 2 aromatic carbocycles. The van der Waals surface area contributed by atoms with Gasteiger partial charge in [0.15, 0.2) is 0 Å². The fourth-order valence-electron chi connectivity index (χ4n) is 2.20. The summed E-state index contributed by atoms with van der Waals surface area (Å²) in [5.74, 6) is -0.894. The number of rotatable bonds is 8. The van der Waals surface area contributed by atoms with Crippen LogP contribution in [-0.4, -0.2) is 47.7 Å². The van der Waals surface area contributed by atoms with E-state index >= 15 is 0 Å². The lowest BCUT2D eigenvalue weighted by atomic mass is 10.2. The van der Waals surface area contributed by atoms with E-state index in [1.165, 1.54) is 62.8 Å². The Balaban J connectivity index is 2.13. The third kappa shape index (κ3) is 5.53. The van der Waals surface area contributed by atoms with Crippen LogP contribution in [0.15, 0.2) is 53.4 Å². The summed E-state index contributed by atoms with van der Waals surface area (Å²) in [6.07, 6.45) is 0. The van der Waals surface area contributed by atoms with Crippen molar-refractivity contribution in [2.45, 2.75) is 4.90 Å². The Labute approximate surface area is 157 Å². The molecule has 144 valence electrons. The lowest BCUT2D eigenvalue weighted by molar-refractivity contribution is 0.0600. The molecule has 0 fully saturated rings. The molecule has 9 heteroatoms. The molecular formula is C18H20N2O6S. The highest BCUT2D eigenvalue weighted by atomic mass is 32.2. The number of amides is 1. The fraction of sp³-hybridized carbons (Fsp3) is 0.222. The smallest absolute Gasteiger partial charge is 0.337 e. The molecule has 0 bridgehead atoms. The molecule has 2 rings (SSSR count). The highest BCUT2D eigenvalue weighted by molar-refractivity contribution is 7.92. The Morgan fingerprint density at radius 1 is 1.00 bits per heavy atom. The summed E-state index contributed by atoms with van der Waals surface area (Å²) in [4.78, 5) is 23.5. The third-order valence-electron chi connectivity index (χ3n) is 3.55. The van der Waals surface area contributed by atoms with Crippen LogP contribution in [0.4, 0.5) is 5.69 Å². The lowest BCUT2D eigenvalue weighted by Gasteiger charge is -2.10. The van der Waals surface area contributed by atoms with Crippen molar-refractivity contribution in [1.29, 1.82) is 0 Å². The van der Waals surface area contributed by atoms with Gasteiger partial charge >= 0.3 is 5.97 Å². The standard InChI is InChI=1S/C18H20N2O6S/c1-25-11-10-19-17(21)13-6-8-16(9-7-13)27(23,24)20-15-5-3-4-14(12-15)18(22)26-2/h3-9,12,20H,10-11H2,1-2H3,(H,19,21). The van der Waals surface area contributed by atoms with Gasteiger partial charge < -0.3 is 14.8 Å². The van der Waals surface area contributed by atoms with Crippen molar-refractivity contribution >= 4 is 27.6 Å². The summed E-state index contributed by atoms with van der Waals surface area (Å²) in [6.45, 7) is 0.736. The molecule has 27 heavy (non-hydrogen) atoms. The van der Waals surface area contributed by atoms with E-state index < -0.39 is 16.0 Å². The van der Waals surface area contributed by atoms with Crippen LogP contribution in [0.2, 0.25) is 0 Å².